The Hall–Kier alpha value is -2.61. The van der Waals surface area contributed by atoms with Gasteiger partial charge in [-0.25, -0.2) is 4.90 Å². The highest BCUT2D eigenvalue weighted by Crippen LogP contribution is 2.42. The van der Waals surface area contributed by atoms with Crippen LogP contribution in [0.2, 0.25) is 0 Å². The van der Waals surface area contributed by atoms with Gasteiger partial charge in [-0.15, -0.1) is 0 Å². The molecule has 5 heteroatoms. The molecule has 0 bridgehead atoms. The van der Waals surface area contributed by atoms with Gasteiger partial charge in [0.05, 0.1) is 24.5 Å². The highest BCUT2D eigenvalue weighted by molar-refractivity contribution is 6.23. The van der Waals surface area contributed by atoms with E-state index in [1.54, 1.807) is 18.2 Å². The number of methoxy groups -OCH3 is 1. The van der Waals surface area contributed by atoms with Crippen LogP contribution in [0.25, 0.3) is 0 Å². The average molecular weight is 282 g/mol. The number of imide groups is 1. The second-order valence-corrected chi connectivity index (χ2v) is 5.14. The number of amides is 2. The second-order valence-electron chi connectivity index (χ2n) is 5.14. The van der Waals surface area contributed by atoms with Crippen molar-refractivity contribution >= 4 is 17.5 Å². The van der Waals surface area contributed by atoms with E-state index >= 15 is 0 Å². The van der Waals surface area contributed by atoms with E-state index < -0.39 is 0 Å². The molecular weight excluding hydrogens is 268 g/mol. The molecule has 1 aliphatic carbocycles. The number of ether oxygens (including phenoxy) is 1. The summed E-state index contributed by atoms with van der Waals surface area (Å²) in [5.41, 5.74) is 0.537. The third kappa shape index (κ3) is 1.91. The summed E-state index contributed by atoms with van der Waals surface area (Å²) in [6.45, 7) is 0. The zero-order valence-corrected chi connectivity index (χ0v) is 11.6. The Morgan fingerprint density at radius 3 is 2.33 bits per heavy atom. The molecule has 0 radical (unpaired) electrons. The number of para-hydroxylation sites is 1. The van der Waals surface area contributed by atoms with Crippen LogP contribution in [0.15, 0.2) is 30.4 Å². The maximum absolute atomic E-state index is 12.6. The van der Waals surface area contributed by atoms with E-state index in [1.165, 1.54) is 7.11 Å². The third-order valence-corrected chi connectivity index (χ3v) is 4.07. The van der Waals surface area contributed by atoms with E-state index in [1.807, 2.05) is 18.2 Å². The van der Waals surface area contributed by atoms with E-state index in [0.29, 0.717) is 18.6 Å². The lowest BCUT2D eigenvalue weighted by Crippen LogP contribution is -2.32. The zero-order chi connectivity index (χ0) is 15.0. The first-order valence-corrected chi connectivity index (χ1v) is 6.79. The Morgan fingerprint density at radius 2 is 1.81 bits per heavy atom. The molecule has 2 amide bonds. The fourth-order valence-electron chi connectivity index (χ4n) is 3.03. The highest BCUT2D eigenvalue weighted by Gasteiger charge is 2.49. The van der Waals surface area contributed by atoms with Crippen LogP contribution in [0.1, 0.15) is 18.4 Å². The molecule has 3 rings (SSSR count). The minimum Gasteiger partial charge on any atom is -0.495 e. The molecule has 1 heterocycles. The highest BCUT2D eigenvalue weighted by atomic mass is 16.5. The largest absolute Gasteiger partial charge is 0.495 e. The summed E-state index contributed by atoms with van der Waals surface area (Å²) in [5.74, 6) is -0.758. The number of anilines is 1. The van der Waals surface area contributed by atoms with Crippen LogP contribution in [-0.4, -0.2) is 18.9 Å². The van der Waals surface area contributed by atoms with Gasteiger partial charge in [0, 0.05) is 0 Å². The fraction of sp³-hybridized carbons (Fsp3) is 0.312. The van der Waals surface area contributed by atoms with Crippen LogP contribution in [0.4, 0.5) is 5.69 Å². The average Bonchev–Trinajstić information content (AvgIpc) is 2.78. The summed E-state index contributed by atoms with van der Waals surface area (Å²) in [6, 6.07) is 6.93. The molecular formula is C16H14N2O3. The summed E-state index contributed by atoms with van der Waals surface area (Å²) in [7, 11) is 1.46. The molecule has 1 aromatic carbocycles. The van der Waals surface area contributed by atoms with Gasteiger partial charge >= 0.3 is 0 Å². The number of fused-ring (bicyclic) bond motifs is 1. The van der Waals surface area contributed by atoms with Crippen molar-refractivity contribution in [1.29, 1.82) is 5.26 Å². The van der Waals surface area contributed by atoms with Crippen LogP contribution >= 0.6 is 0 Å². The summed E-state index contributed by atoms with van der Waals surface area (Å²) in [6.07, 6.45) is 5.01. The first-order valence-electron chi connectivity index (χ1n) is 6.79. The molecule has 2 unspecified atom stereocenters. The molecule has 1 saturated heterocycles. The van der Waals surface area contributed by atoms with Crippen molar-refractivity contribution in [3.63, 3.8) is 0 Å². The van der Waals surface area contributed by atoms with Crippen LogP contribution < -0.4 is 9.64 Å². The van der Waals surface area contributed by atoms with Gasteiger partial charge in [-0.3, -0.25) is 9.59 Å². The molecule has 0 spiro atoms. The van der Waals surface area contributed by atoms with E-state index in [9.17, 15) is 14.9 Å². The predicted octanol–water partition coefficient (Wildman–Crippen LogP) is 2.02. The number of carbonyl (C=O) groups is 2. The van der Waals surface area contributed by atoms with Gasteiger partial charge in [0.1, 0.15) is 17.5 Å². The summed E-state index contributed by atoms with van der Waals surface area (Å²) in [5, 5.41) is 9.26. The lowest BCUT2D eigenvalue weighted by atomic mass is 9.85. The lowest BCUT2D eigenvalue weighted by Gasteiger charge is -2.19. The number of hydrogen-bond acceptors (Lipinski definition) is 4. The molecule has 0 aromatic heterocycles. The first kappa shape index (κ1) is 13.4. The molecule has 0 saturated carbocycles. The summed E-state index contributed by atoms with van der Waals surface area (Å²) < 4.78 is 5.24. The van der Waals surface area contributed by atoms with Gasteiger partial charge in [0.25, 0.3) is 0 Å². The molecule has 2 atom stereocenters. The van der Waals surface area contributed by atoms with Gasteiger partial charge in [-0.05, 0) is 25.0 Å². The van der Waals surface area contributed by atoms with Gasteiger partial charge in [0.15, 0.2) is 0 Å². The Morgan fingerprint density at radius 1 is 1.19 bits per heavy atom. The van der Waals surface area contributed by atoms with Gasteiger partial charge in [-0.2, -0.15) is 5.26 Å². The molecule has 1 aromatic rings. The van der Waals surface area contributed by atoms with Crippen LogP contribution in [0, 0.1) is 23.2 Å². The third-order valence-electron chi connectivity index (χ3n) is 4.07. The second kappa shape index (κ2) is 5.06. The summed E-state index contributed by atoms with van der Waals surface area (Å²) >= 11 is 0. The van der Waals surface area contributed by atoms with Crippen LogP contribution in [0.5, 0.6) is 5.75 Å². The molecule has 1 aliphatic heterocycles. The van der Waals surface area contributed by atoms with E-state index in [-0.39, 0.29) is 34.9 Å². The van der Waals surface area contributed by atoms with Crippen molar-refractivity contribution in [3.05, 3.63) is 35.9 Å². The maximum Gasteiger partial charge on any atom is 0.238 e. The number of allylic oxidation sites excluding steroid dienone is 2. The molecule has 5 nitrogen and oxygen atoms in total. The Bertz CT molecular complexity index is 661. The smallest absolute Gasteiger partial charge is 0.238 e. The van der Waals surface area contributed by atoms with Gasteiger partial charge < -0.3 is 4.74 Å². The monoisotopic (exact) mass is 282 g/mol. The Kier molecular flexibility index (Phi) is 3.22. The number of nitrogens with zero attached hydrogens (tertiary/aromatic N) is 2. The van der Waals surface area contributed by atoms with Crippen molar-refractivity contribution in [3.8, 4) is 11.8 Å². The van der Waals surface area contributed by atoms with Crippen LogP contribution in [0.3, 0.4) is 0 Å². The molecule has 2 aliphatic rings. The molecule has 1 fully saturated rings. The fourth-order valence-corrected chi connectivity index (χ4v) is 3.03. The lowest BCUT2D eigenvalue weighted by molar-refractivity contribution is -0.122. The van der Waals surface area contributed by atoms with E-state index in [4.69, 9.17) is 4.74 Å². The van der Waals surface area contributed by atoms with Crippen molar-refractivity contribution < 1.29 is 14.3 Å². The number of benzene rings is 1. The molecule has 21 heavy (non-hydrogen) atoms. The van der Waals surface area contributed by atoms with Crippen molar-refractivity contribution in [1.82, 2.24) is 0 Å². The maximum atomic E-state index is 12.6. The Balaban J connectivity index is 2.12. The van der Waals surface area contributed by atoms with Crippen molar-refractivity contribution in [2.75, 3.05) is 12.0 Å². The minimum atomic E-state index is -0.320. The predicted molar refractivity (Wildman–Crippen MR) is 75.6 cm³/mol. The normalized spacial score (nSPS) is 23.9. The van der Waals surface area contributed by atoms with Crippen molar-refractivity contribution in [2.45, 2.75) is 12.8 Å². The van der Waals surface area contributed by atoms with Gasteiger partial charge in [-0.1, -0.05) is 18.2 Å². The Labute approximate surface area is 122 Å². The van der Waals surface area contributed by atoms with E-state index in [2.05, 4.69) is 0 Å². The van der Waals surface area contributed by atoms with Gasteiger partial charge in [0.2, 0.25) is 11.8 Å². The standard InChI is InChI=1S/C16H14N2O3/c1-21-13-8-4-5-10(9-17)14(13)18-15(19)11-6-2-3-7-12(11)16(18)20/h2-5,8,11-12H,6-7H2,1H3. The number of carbonyl (C=O) groups excluding carboxylic acids is 2. The number of rotatable bonds is 2. The minimum absolute atomic E-state index is 0.240. The topological polar surface area (TPSA) is 70.4 Å². The number of nitriles is 1. The van der Waals surface area contributed by atoms with E-state index in [0.717, 1.165) is 4.90 Å². The first-order chi connectivity index (χ1) is 10.2. The van der Waals surface area contributed by atoms with Crippen LogP contribution in [-0.2, 0) is 9.59 Å². The summed E-state index contributed by atoms with van der Waals surface area (Å²) in [4.78, 5) is 26.3. The SMILES string of the molecule is COc1cccc(C#N)c1N1C(=O)C2CC=CCC2C1=O. The zero-order valence-electron chi connectivity index (χ0n) is 11.6. The quantitative estimate of drug-likeness (QED) is 0.614. The molecule has 106 valence electrons. The molecule has 0 N–H and O–H groups in total. The van der Waals surface area contributed by atoms with Crippen molar-refractivity contribution in [2.24, 2.45) is 11.8 Å². The number of hydrogen-bond donors (Lipinski definition) is 0.